The van der Waals surface area contributed by atoms with E-state index in [4.69, 9.17) is 10.5 Å². The molecule has 85 heavy (non-hydrogen) atoms. The van der Waals surface area contributed by atoms with Crippen molar-refractivity contribution < 1.29 is 57.8 Å². The Bertz CT molecular complexity index is 2640. The average molecular weight is 1200 g/mol. The fraction of sp³-hybridized carbons (Fsp3) is 0.641. The van der Waals surface area contributed by atoms with Gasteiger partial charge in [-0.15, -0.1) is 11.3 Å². The number of nitrogens with zero attached hydrogens (tertiary/aromatic N) is 4. The first-order valence-corrected chi connectivity index (χ1v) is 31.4. The molecule has 0 aliphatic carbocycles. The Balaban J connectivity index is 1.46. The first kappa shape index (κ1) is 70.9. The molecule has 2 aliphatic heterocycles. The number of amides is 6. The molecule has 0 spiro atoms. The Morgan fingerprint density at radius 1 is 0.871 bits per heavy atom. The minimum absolute atomic E-state index is 0.0100. The largest absolute Gasteiger partial charge is 0.481 e. The Kier molecular flexibility index (Phi) is 29.3. The van der Waals surface area contributed by atoms with Crippen LogP contribution in [-0.2, 0) is 55.9 Å². The molecule has 470 valence electrons. The maximum absolute atomic E-state index is 14.5. The van der Waals surface area contributed by atoms with Gasteiger partial charge in [0, 0.05) is 100 Å². The number of hydrogen-bond donors (Lipinski definition) is 5. The zero-order valence-corrected chi connectivity index (χ0v) is 52.8. The summed E-state index contributed by atoms with van der Waals surface area (Å²) in [5.74, 6) is -5.52. The molecule has 2 aliphatic rings. The maximum atomic E-state index is 14.5. The molecule has 9 atom stereocenters. The van der Waals surface area contributed by atoms with Gasteiger partial charge in [-0.25, -0.2) is 9.78 Å². The molecule has 0 saturated carbocycles. The predicted molar refractivity (Wildman–Crippen MR) is 327 cm³/mol. The topological polar surface area (TPSA) is 285 Å². The fourth-order valence-electron chi connectivity index (χ4n) is 11.2. The number of carbonyl (C=O) groups is 10. The molecule has 0 radical (unpaired) electrons. The molecule has 2 aromatic rings. The van der Waals surface area contributed by atoms with E-state index in [1.54, 1.807) is 54.1 Å². The number of ketones is 3. The van der Waals surface area contributed by atoms with Crippen molar-refractivity contribution in [3.05, 3.63) is 75.9 Å². The third kappa shape index (κ3) is 22.6. The van der Waals surface area contributed by atoms with Gasteiger partial charge in [-0.3, -0.25) is 48.1 Å². The lowest BCUT2D eigenvalue weighted by molar-refractivity contribution is -0.143. The minimum Gasteiger partial charge on any atom is -0.481 e. The van der Waals surface area contributed by atoms with E-state index in [0.717, 1.165) is 49.1 Å². The van der Waals surface area contributed by atoms with E-state index in [2.05, 4.69) is 32.4 Å². The van der Waals surface area contributed by atoms with E-state index < -0.39 is 71.8 Å². The number of nitrogens with two attached hydrogens (primary N) is 1. The van der Waals surface area contributed by atoms with E-state index in [9.17, 15) is 53.1 Å². The zero-order chi connectivity index (χ0) is 63.1. The summed E-state index contributed by atoms with van der Waals surface area (Å²) in [5, 5.41) is 20.2. The van der Waals surface area contributed by atoms with Crippen LogP contribution < -0.4 is 21.7 Å². The van der Waals surface area contributed by atoms with Crippen LogP contribution in [0.1, 0.15) is 184 Å². The number of carboxylic acids is 1. The second kappa shape index (κ2) is 35.1. The molecule has 6 N–H and O–H groups in total. The van der Waals surface area contributed by atoms with Crippen molar-refractivity contribution in [3.63, 3.8) is 0 Å². The first-order valence-electron chi connectivity index (χ1n) is 30.5. The first-order chi connectivity index (χ1) is 40.2. The van der Waals surface area contributed by atoms with Gasteiger partial charge >= 0.3 is 12.1 Å². The second-order valence-corrected chi connectivity index (χ2v) is 25.1. The van der Waals surface area contributed by atoms with Crippen LogP contribution >= 0.6 is 11.3 Å². The molecule has 21 heteroatoms. The number of aliphatic carboxylic acids is 1. The number of carbonyl (C=O) groups excluding carboxylic acids is 9. The number of rotatable bonds is 38. The van der Waals surface area contributed by atoms with Crippen molar-refractivity contribution in [2.24, 2.45) is 41.2 Å². The van der Waals surface area contributed by atoms with Crippen LogP contribution in [0.4, 0.5) is 4.79 Å². The summed E-state index contributed by atoms with van der Waals surface area (Å²) >= 11 is 1.11. The van der Waals surface area contributed by atoms with E-state index in [1.165, 1.54) is 18.5 Å². The molecule has 1 fully saturated rings. The lowest BCUT2D eigenvalue weighted by Crippen LogP contribution is -2.48. The summed E-state index contributed by atoms with van der Waals surface area (Å²) in [4.78, 5) is 142. The number of likely N-dealkylation sites (N-methyl/N-ethyl adjacent to an activating group) is 1. The van der Waals surface area contributed by atoms with Crippen LogP contribution in [0.15, 0.2) is 54.1 Å². The highest BCUT2D eigenvalue weighted by Gasteiger charge is 2.38. The van der Waals surface area contributed by atoms with Gasteiger partial charge in [0.05, 0.1) is 18.0 Å². The molecule has 0 bridgehead atoms. The summed E-state index contributed by atoms with van der Waals surface area (Å²) < 4.78 is 5.90. The van der Waals surface area contributed by atoms with Gasteiger partial charge in [0.1, 0.15) is 16.5 Å². The number of nitrogens with one attached hydrogen (secondary N) is 3. The smallest absolute Gasteiger partial charge is 0.407 e. The third-order valence-corrected chi connectivity index (χ3v) is 17.8. The molecule has 1 aromatic heterocycles. The molecule has 4 rings (SSSR count). The summed E-state index contributed by atoms with van der Waals surface area (Å²) in [6, 6.07) is 4.83. The lowest BCUT2D eigenvalue weighted by atomic mass is 9.83. The van der Waals surface area contributed by atoms with Crippen LogP contribution in [0.3, 0.4) is 0 Å². The molecule has 1 saturated heterocycles. The fourth-order valence-corrected chi connectivity index (χ4v) is 12.1. The number of benzene rings is 1. The van der Waals surface area contributed by atoms with Gasteiger partial charge in [-0.2, -0.15) is 0 Å². The number of thiazole rings is 1. The van der Waals surface area contributed by atoms with Gasteiger partial charge in [-0.05, 0) is 99.9 Å². The third-order valence-electron chi connectivity index (χ3n) is 16.9. The van der Waals surface area contributed by atoms with Crippen molar-refractivity contribution in [1.29, 1.82) is 0 Å². The van der Waals surface area contributed by atoms with Crippen molar-refractivity contribution >= 4 is 70.3 Å². The molecular formula is C64H96N8O12S. The molecule has 3 heterocycles. The standard InChI is InChI=1S/C64H96N8O12S/c1-12-41(6)49(36-55(75)52-22-17-19-30-70(52)10)62(80)71(11)53(40(4)5)37-56(84-64(83)66-9)61-69-51(38-85-61)60(79)67-46(32-42(7)63(81)82)33-44-25-27-45(28-26-44)34-54(74)50(21-15-16-23-57(65)76)68-59(78)48(39(2)3)35-47(73)20-14-13-18-31-72-43(8)24-29-58(72)77/h24-29,38-42,46,48-50,52-53,56H,8,12-23,30-37H2,1-7,9-11H3,(H2,65,76)(H,66,83)(H,67,79)(H,68,78)(H,81,82)/t41-,42?,46+,48-,49-,50-,52+,53+,56+/m0/s1. The summed E-state index contributed by atoms with van der Waals surface area (Å²) in [6.07, 6.45) is 8.95. The number of Topliss-reactive ketones (excluding diaryl/α,β-unsaturated/α-hetero) is 3. The summed E-state index contributed by atoms with van der Waals surface area (Å²) in [7, 11) is 5.11. The Hall–Kier alpha value is -6.61. The predicted octanol–water partition coefficient (Wildman–Crippen LogP) is 8.32. The summed E-state index contributed by atoms with van der Waals surface area (Å²) in [6.45, 7) is 18.4. The quantitative estimate of drug-likeness (QED) is 0.0395. The minimum atomic E-state index is -1.05. The maximum Gasteiger partial charge on any atom is 0.407 e. The van der Waals surface area contributed by atoms with Crippen molar-refractivity contribution in [3.8, 4) is 0 Å². The number of hydrogen-bond acceptors (Lipinski definition) is 14. The highest BCUT2D eigenvalue weighted by atomic mass is 32.1. The number of primary amides is 1. The van der Waals surface area contributed by atoms with Gasteiger partial charge < -0.3 is 41.3 Å². The highest BCUT2D eigenvalue weighted by molar-refractivity contribution is 7.09. The number of alkyl carbamates (subject to hydrolysis) is 1. The van der Waals surface area contributed by atoms with Gasteiger partial charge in [0.2, 0.25) is 17.7 Å². The molecule has 1 unspecified atom stereocenters. The highest BCUT2D eigenvalue weighted by Crippen LogP contribution is 2.33. The van der Waals surface area contributed by atoms with Crippen LogP contribution in [-0.4, -0.2) is 142 Å². The second-order valence-electron chi connectivity index (χ2n) is 24.2. The number of likely N-dealkylation sites (tertiary alicyclic amines) is 1. The van der Waals surface area contributed by atoms with E-state index in [1.807, 2.05) is 48.6 Å². The Morgan fingerprint density at radius 2 is 1.55 bits per heavy atom. The number of unbranched alkanes of at least 4 members (excludes halogenated alkanes) is 3. The summed E-state index contributed by atoms with van der Waals surface area (Å²) in [5.41, 5.74) is 7.43. The van der Waals surface area contributed by atoms with E-state index in [-0.39, 0.29) is 116 Å². The van der Waals surface area contributed by atoms with Crippen molar-refractivity contribution in [1.82, 2.24) is 35.6 Å². The monoisotopic (exact) mass is 1200 g/mol. The molecule has 1 aromatic carbocycles. The Labute approximate surface area is 507 Å². The van der Waals surface area contributed by atoms with Gasteiger partial charge in [-0.1, -0.05) is 105 Å². The molecular weight excluding hydrogens is 1100 g/mol. The lowest BCUT2D eigenvalue weighted by Gasteiger charge is -2.37. The number of aromatic nitrogens is 1. The number of ether oxygens (including phenoxy) is 1. The van der Waals surface area contributed by atoms with Crippen LogP contribution in [0, 0.1) is 35.5 Å². The normalized spacial score (nSPS) is 17.3. The van der Waals surface area contributed by atoms with Crippen molar-refractivity contribution in [2.75, 3.05) is 34.2 Å². The Morgan fingerprint density at radius 3 is 2.15 bits per heavy atom. The van der Waals surface area contributed by atoms with Gasteiger partial charge in [0.25, 0.3) is 11.8 Å². The SMILES string of the molecule is C=C1C=CC(=O)N1CCCCCC(=O)C[C@H](C(=O)N[C@@H](CCCCC(N)=O)C(=O)Cc1ccc(C[C@@H](CC(C)C(=O)O)NC(=O)c2csc([C@@H](C[C@H](C(C)C)N(C)C(=O)[C@@H](CC(=O)[C@H]3CCCCN3C)[C@@H](C)CC)OC(=O)NC)n2)cc1)C(C)C. The number of piperidine rings is 1. The molecule has 6 amide bonds. The molecule has 20 nitrogen and oxygen atoms in total. The van der Waals surface area contributed by atoms with Crippen molar-refractivity contribution in [2.45, 2.75) is 194 Å². The zero-order valence-electron chi connectivity index (χ0n) is 52.0. The van der Waals surface area contributed by atoms with Crippen LogP contribution in [0.2, 0.25) is 0 Å². The van der Waals surface area contributed by atoms with Crippen LogP contribution in [0.5, 0.6) is 0 Å². The average Bonchev–Trinajstić information content (AvgIpc) is 4.32. The number of carboxylic acid groups (broad SMARTS) is 1. The van der Waals surface area contributed by atoms with E-state index in [0.29, 0.717) is 54.9 Å². The van der Waals surface area contributed by atoms with Crippen LogP contribution in [0.25, 0.3) is 0 Å². The van der Waals surface area contributed by atoms with E-state index >= 15 is 0 Å². The number of allylic oxidation sites excluding steroid dienone is 1. The van der Waals surface area contributed by atoms with Gasteiger partial charge in [0.15, 0.2) is 17.7 Å².